The third-order valence-corrected chi connectivity index (χ3v) is 6.15. The normalized spacial score (nSPS) is 11.3. The number of nitrogens with zero attached hydrogens (tertiary/aromatic N) is 1. The molecule has 0 aromatic heterocycles. The van der Waals surface area contributed by atoms with Crippen molar-refractivity contribution in [2.75, 3.05) is 30.5 Å². The van der Waals surface area contributed by atoms with E-state index in [1.165, 1.54) is 38.2 Å². The number of carbonyl (C=O) groups is 2. The molecule has 0 unspecified atom stereocenters. The van der Waals surface area contributed by atoms with E-state index in [-0.39, 0.29) is 17.3 Å². The molecule has 0 atom stereocenters. The lowest BCUT2D eigenvalue weighted by atomic mass is 10.3. The molecule has 0 bridgehead atoms. The minimum absolute atomic E-state index is 0.0382. The molecule has 0 fully saturated rings. The van der Waals surface area contributed by atoms with E-state index in [2.05, 4.69) is 10.6 Å². The van der Waals surface area contributed by atoms with Gasteiger partial charge in [-0.1, -0.05) is 6.07 Å². The number of nitrogens with one attached hydrogen (secondary N) is 2. The van der Waals surface area contributed by atoms with Crippen LogP contribution in [0.5, 0.6) is 0 Å². The Kier molecular flexibility index (Phi) is 7.00. The number of sulfonamides is 1. The molecule has 0 aliphatic carbocycles. The summed E-state index contributed by atoms with van der Waals surface area (Å²) in [6.45, 7) is 1.05. The summed E-state index contributed by atoms with van der Waals surface area (Å²) in [7, 11) is -2.49. The molecule has 0 radical (unpaired) electrons. The van der Waals surface area contributed by atoms with Gasteiger partial charge in [-0.25, -0.2) is 8.42 Å². The van der Waals surface area contributed by atoms with Crippen LogP contribution in [0.3, 0.4) is 0 Å². The first-order chi connectivity index (χ1) is 12.7. The fraction of sp³-hybridized carbons (Fsp3) is 0.222. The zero-order valence-electron chi connectivity index (χ0n) is 15.2. The number of amides is 2. The van der Waals surface area contributed by atoms with Crippen LogP contribution in [0.25, 0.3) is 0 Å². The summed E-state index contributed by atoms with van der Waals surface area (Å²) in [5.74, 6) is -0.681. The molecule has 144 valence electrons. The minimum Gasteiger partial charge on any atom is -0.326 e. The van der Waals surface area contributed by atoms with E-state index < -0.39 is 15.9 Å². The average molecular weight is 408 g/mol. The third kappa shape index (κ3) is 5.81. The Bertz CT molecular complexity index is 928. The fourth-order valence-electron chi connectivity index (χ4n) is 2.28. The highest BCUT2D eigenvalue weighted by atomic mass is 32.2. The lowest BCUT2D eigenvalue weighted by Gasteiger charge is -2.17. The van der Waals surface area contributed by atoms with Gasteiger partial charge in [-0.05, 0) is 48.7 Å². The van der Waals surface area contributed by atoms with Gasteiger partial charge in [0.1, 0.15) is 0 Å². The van der Waals surface area contributed by atoms with Crippen LogP contribution in [-0.2, 0) is 19.6 Å². The van der Waals surface area contributed by atoms with Crippen LogP contribution in [0.1, 0.15) is 6.92 Å². The monoisotopic (exact) mass is 407 g/mol. The van der Waals surface area contributed by atoms with E-state index in [9.17, 15) is 18.0 Å². The predicted molar refractivity (Wildman–Crippen MR) is 107 cm³/mol. The molecule has 9 heteroatoms. The summed E-state index contributed by atoms with van der Waals surface area (Å²) in [5, 5.41) is 5.26. The Hall–Kier alpha value is -2.36. The van der Waals surface area contributed by atoms with Gasteiger partial charge in [-0.15, -0.1) is 11.8 Å². The third-order valence-electron chi connectivity index (χ3n) is 3.60. The first-order valence-electron chi connectivity index (χ1n) is 8.00. The number of anilines is 2. The summed E-state index contributed by atoms with van der Waals surface area (Å²) in [6.07, 6.45) is 1.93. The van der Waals surface area contributed by atoms with Crippen LogP contribution in [0.4, 0.5) is 11.4 Å². The SMILES string of the molecule is CSc1cccc(NC(=O)CN(C)S(=O)(=O)c2ccc(NC(C)=O)cc2)c1. The van der Waals surface area contributed by atoms with Crippen LogP contribution < -0.4 is 10.6 Å². The standard InChI is InChI=1S/C18H21N3O4S2/c1-13(22)19-14-7-9-17(10-8-14)27(24,25)21(2)12-18(23)20-15-5-4-6-16(11-15)26-3/h4-11H,12H2,1-3H3,(H,19,22)(H,20,23). The van der Waals surface area contributed by atoms with Crippen molar-refractivity contribution in [1.29, 1.82) is 0 Å². The van der Waals surface area contributed by atoms with Crippen molar-refractivity contribution < 1.29 is 18.0 Å². The Morgan fingerprint density at radius 2 is 1.70 bits per heavy atom. The van der Waals surface area contributed by atoms with Crippen LogP contribution in [0.2, 0.25) is 0 Å². The van der Waals surface area contributed by atoms with Gasteiger partial charge in [0.25, 0.3) is 0 Å². The molecule has 0 saturated heterocycles. The molecular weight excluding hydrogens is 386 g/mol. The van der Waals surface area contributed by atoms with Crippen molar-refractivity contribution in [3.05, 3.63) is 48.5 Å². The maximum atomic E-state index is 12.6. The van der Waals surface area contributed by atoms with Gasteiger partial charge >= 0.3 is 0 Å². The largest absolute Gasteiger partial charge is 0.326 e. The maximum Gasteiger partial charge on any atom is 0.243 e. The van der Waals surface area contributed by atoms with Gasteiger partial charge in [0.05, 0.1) is 11.4 Å². The number of hydrogen-bond donors (Lipinski definition) is 2. The van der Waals surface area contributed by atoms with Crippen LogP contribution >= 0.6 is 11.8 Å². The van der Waals surface area contributed by atoms with Gasteiger partial charge in [0.15, 0.2) is 0 Å². The molecule has 0 saturated carbocycles. The molecule has 2 amide bonds. The number of thioether (sulfide) groups is 1. The topological polar surface area (TPSA) is 95.6 Å². The maximum absolute atomic E-state index is 12.6. The van der Waals surface area contributed by atoms with Crippen LogP contribution in [-0.4, -0.2) is 44.4 Å². The number of benzene rings is 2. The average Bonchev–Trinajstić information content (AvgIpc) is 2.61. The molecular formula is C18H21N3O4S2. The first kappa shape index (κ1) is 20.9. The summed E-state index contributed by atoms with van der Waals surface area (Å²) in [5.41, 5.74) is 1.10. The number of hydrogen-bond acceptors (Lipinski definition) is 5. The van der Waals surface area contributed by atoms with Crippen molar-refractivity contribution >= 4 is 45.0 Å². The lowest BCUT2D eigenvalue weighted by Crippen LogP contribution is -2.34. The molecule has 2 rings (SSSR count). The second-order valence-corrected chi connectivity index (χ2v) is 8.67. The molecule has 0 spiro atoms. The van der Waals surface area contributed by atoms with Crippen molar-refractivity contribution in [3.8, 4) is 0 Å². The molecule has 2 aromatic carbocycles. The number of carbonyl (C=O) groups excluding carboxylic acids is 2. The van der Waals surface area contributed by atoms with Crippen molar-refractivity contribution in [1.82, 2.24) is 4.31 Å². The molecule has 27 heavy (non-hydrogen) atoms. The van der Waals surface area contributed by atoms with Gasteiger partial charge in [0.2, 0.25) is 21.8 Å². The van der Waals surface area contributed by atoms with Gasteiger partial charge in [-0.3, -0.25) is 9.59 Å². The highest BCUT2D eigenvalue weighted by Crippen LogP contribution is 2.20. The van der Waals surface area contributed by atoms with E-state index in [1.54, 1.807) is 17.8 Å². The van der Waals surface area contributed by atoms with E-state index in [0.717, 1.165) is 9.20 Å². The van der Waals surface area contributed by atoms with Crippen molar-refractivity contribution in [2.24, 2.45) is 0 Å². The molecule has 0 heterocycles. The summed E-state index contributed by atoms with van der Waals surface area (Å²) in [6, 6.07) is 13.1. The summed E-state index contributed by atoms with van der Waals surface area (Å²) in [4.78, 5) is 24.3. The zero-order valence-corrected chi connectivity index (χ0v) is 16.9. The Morgan fingerprint density at radius 1 is 1.04 bits per heavy atom. The van der Waals surface area contributed by atoms with E-state index >= 15 is 0 Å². The Morgan fingerprint density at radius 3 is 2.30 bits per heavy atom. The smallest absolute Gasteiger partial charge is 0.243 e. The predicted octanol–water partition coefficient (Wildman–Crippen LogP) is 2.63. The zero-order chi connectivity index (χ0) is 20.0. The van der Waals surface area contributed by atoms with Crippen LogP contribution in [0.15, 0.2) is 58.3 Å². The number of likely N-dealkylation sites (N-methyl/N-ethyl adjacent to an activating group) is 1. The Balaban J connectivity index is 2.05. The minimum atomic E-state index is -3.83. The van der Waals surface area contributed by atoms with Crippen molar-refractivity contribution in [3.63, 3.8) is 0 Å². The highest BCUT2D eigenvalue weighted by molar-refractivity contribution is 7.98. The van der Waals surface area contributed by atoms with Gasteiger partial charge < -0.3 is 10.6 Å². The van der Waals surface area contributed by atoms with Gasteiger partial charge in [-0.2, -0.15) is 4.31 Å². The fourth-order valence-corrected chi connectivity index (χ4v) is 3.87. The van der Waals surface area contributed by atoms with Gasteiger partial charge in [0, 0.05) is 30.2 Å². The summed E-state index contributed by atoms with van der Waals surface area (Å²) >= 11 is 1.55. The van der Waals surface area contributed by atoms with E-state index in [0.29, 0.717) is 11.4 Å². The molecule has 0 aliphatic heterocycles. The molecule has 7 nitrogen and oxygen atoms in total. The highest BCUT2D eigenvalue weighted by Gasteiger charge is 2.23. The van der Waals surface area contributed by atoms with E-state index in [1.807, 2.05) is 24.5 Å². The first-order valence-corrected chi connectivity index (χ1v) is 10.7. The lowest BCUT2D eigenvalue weighted by molar-refractivity contribution is -0.116. The molecule has 2 N–H and O–H groups in total. The summed E-state index contributed by atoms with van der Waals surface area (Å²) < 4.78 is 26.2. The second-order valence-electron chi connectivity index (χ2n) is 5.75. The van der Waals surface area contributed by atoms with Crippen molar-refractivity contribution in [2.45, 2.75) is 16.7 Å². The molecule has 2 aromatic rings. The van der Waals surface area contributed by atoms with E-state index in [4.69, 9.17) is 0 Å². The quantitative estimate of drug-likeness (QED) is 0.688. The Labute approximate surface area is 163 Å². The number of rotatable bonds is 7. The van der Waals surface area contributed by atoms with Crippen LogP contribution in [0, 0.1) is 0 Å². The molecule has 0 aliphatic rings. The second kappa shape index (κ2) is 9.03.